The molecule has 0 bridgehead atoms. The molecule has 0 amide bonds. The van der Waals surface area contributed by atoms with Gasteiger partial charge in [-0.15, -0.1) is 0 Å². The van der Waals surface area contributed by atoms with E-state index in [2.05, 4.69) is 21.8 Å². The summed E-state index contributed by atoms with van der Waals surface area (Å²) >= 11 is 0. The number of para-hydroxylation sites is 1. The van der Waals surface area contributed by atoms with Gasteiger partial charge in [-0.1, -0.05) is 12.1 Å². The van der Waals surface area contributed by atoms with E-state index in [1.54, 1.807) is 6.07 Å². The molecule has 2 N–H and O–H groups in total. The molecule has 1 fully saturated rings. The van der Waals surface area contributed by atoms with Gasteiger partial charge in [0.05, 0.1) is 23.0 Å². The van der Waals surface area contributed by atoms with Gasteiger partial charge in [-0.05, 0) is 51.8 Å². The second-order valence-electron chi connectivity index (χ2n) is 6.26. The molecule has 2 aromatic rings. The van der Waals surface area contributed by atoms with Crippen LogP contribution in [-0.4, -0.2) is 38.7 Å². The van der Waals surface area contributed by atoms with E-state index in [0.717, 1.165) is 31.3 Å². The summed E-state index contributed by atoms with van der Waals surface area (Å²) in [6.07, 6.45) is 2.68. The highest BCUT2D eigenvalue weighted by molar-refractivity contribution is 5.77. The molecule has 3 rings (SSSR count). The average molecular weight is 301 g/mol. The first-order valence-corrected chi connectivity index (χ1v) is 7.99. The highest BCUT2D eigenvalue weighted by atomic mass is 16.3. The van der Waals surface area contributed by atoms with Gasteiger partial charge in [-0.25, -0.2) is 4.98 Å². The Labute approximate surface area is 130 Å². The number of aliphatic hydroxyl groups is 1. The van der Waals surface area contributed by atoms with E-state index in [1.165, 1.54) is 0 Å². The monoisotopic (exact) mass is 301 g/mol. The minimum atomic E-state index is -0.304. The fraction of sp³-hybridized carbons (Fsp3) is 0.529. The standard InChI is InChI=1S/C17H23N3O2/c1-11(21)10-13-6-5-9-20(13)12(2)16-18-15-8-4-3-7-14(15)17(22)19-16/h3-4,7-8,11-13,21H,5-6,9-10H2,1-2H3,(H,18,19,22). The quantitative estimate of drug-likeness (QED) is 0.908. The van der Waals surface area contributed by atoms with Gasteiger partial charge in [0.25, 0.3) is 5.56 Å². The lowest BCUT2D eigenvalue weighted by molar-refractivity contribution is 0.112. The summed E-state index contributed by atoms with van der Waals surface area (Å²) in [6, 6.07) is 7.81. The van der Waals surface area contributed by atoms with Crippen molar-refractivity contribution in [2.24, 2.45) is 0 Å². The van der Waals surface area contributed by atoms with Crippen molar-refractivity contribution < 1.29 is 5.11 Å². The Morgan fingerprint density at radius 1 is 1.41 bits per heavy atom. The molecule has 5 heteroatoms. The van der Waals surface area contributed by atoms with Crippen LogP contribution >= 0.6 is 0 Å². The third kappa shape index (κ3) is 2.91. The summed E-state index contributed by atoms with van der Waals surface area (Å²) in [6.45, 7) is 4.89. The lowest BCUT2D eigenvalue weighted by Gasteiger charge is -2.30. The van der Waals surface area contributed by atoms with Crippen LogP contribution in [0.3, 0.4) is 0 Å². The molecule has 1 aromatic heterocycles. The molecule has 2 heterocycles. The number of aromatic nitrogens is 2. The zero-order chi connectivity index (χ0) is 15.7. The molecule has 1 saturated heterocycles. The van der Waals surface area contributed by atoms with Crippen LogP contribution in [0.5, 0.6) is 0 Å². The van der Waals surface area contributed by atoms with Crippen LogP contribution in [0.15, 0.2) is 29.1 Å². The van der Waals surface area contributed by atoms with Crippen LogP contribution in [-0.2, 0) is 0 Å². The van der Waals surface area contributed by atoms with Crippen molar-refractivity contribution in [3.05, 3.63) is 40.4 Å². The molecule has 1 aliphatic rings. The third-order valence-electron chi connectivity index (χ3n) is 4.56. The predicted molar refractivity (Wildman–Crippen MR) is 86.8 cm³/mol. The van der Waals surface area contributed by atoms with Crippen molar-refractivity contribution in [2.45, 2.75) is 51.3 Å². The summed E-state index contributed by atoms with van der Waals surface area (Å²) in [5.41, 5.74) is 0.651. The van der Waals surface area contributed by atoms with E-state index in [-0.39, 0.29) is 17.7 Å². The zero-order valence-electron chi connectivity index (χ0n) is 13.1. The van der Waals surface area contributed by atoms with Gasteiger partial charge in [-0.3, -0.25) is 9.69 Å². The van der Waals surface area contributed by atoms with E-state index in [4.69, 9.17) is 0 Å². The van der Waals surface area contributed by atoms with Crippen molar-refractivity contribution >= 4 is 10.9 Å². The third-order valence-corrected chi connectivity index (χ3v) is 4.56. The SMILES string of the molecule is CC(O)CC1CCCN1C(C)c1nc2ccccc2c(=O)[nH]1. The van der Waals surface area contributed by atoms with E-state index < -0.39 is 0 Å². The van der Waals surface area contributed by atoms with Crippen LogP contribution < -0.4 is 5.56 Å². The highest BCUT2D eigenvalue weighted by Gasteiger charge is 2.31. The molecule has 0 radical (unpaired) electrons. The minimum Gasteiger partial charge on any atom is -0.393 e. The normalized spacial score (nSPS) is 22.0. The van der Waals surface area contributed by atoms with Gasteiger partial charge in [0, 0.05) is 6.04 Å². The first kappa shape index (κ1) is 15.2. The first-order chi connectivity index (χ1) is 10.6. The molecule has 0 saturated carbocycles. The van der Waals surface area contributed by atoms with Crippen LogP contribution in [0.2, 0.25) is 0 Å². The van der Waals surface area contributed by atoms with Crippen molar-refractivity contribution in [2.75, 3.05) is 6.54 Å². The van der Waals surface area contributed by atoms with Crippen molar-refractivity contribution in [3.8, 4) is 0 Å². The van der Waals surface area contributed by atoms with Crippen molar-refractivity contribution in [1.29, 1.82) is 0 Å². The molecule has 1 aromatic carbocycles. The number of aliphatic hydroxyl groups excluding tert-OH is 1. The molecule has 118 valence electrons. The maximum atomic E-state index is 12.2. The lowest BCUT2D eigenvalue weighted by atomic mass is 10.1. The number of rotatable bonds is 4. The Kier molecular flexibility index (Phi) is 4.27. The minimum absolute atomic E-state index is 0.0450. The summed E-state index contributed by atoms with van der Waals surface area (Å²) < 4.78 is 0. The fourth-order valence-corrected chi connectivity index (χ4v) is 3.47. The van der Waals surface area contributed by atoms with Gasteiger partial charge < -0.3 is 10.1 Å². The smallest absolute Gasteiger partial charge is 0.258 e. The van der Waals surface area contributed by atoms with E-state index >= 15 is 0 Å². The Hall–Kier alpha value is -1.72. The molecule has 22 heavy (non-hydrogen) atoms. The number of benzene rings is 1. The lowest BCUT2D eigenvalue weighted by Crippen LogP contribution is -2.35. The summed E-state index contributed by atoms with van der Waals surface area (Å²) in [4.78, 5) is 22.1. The number of nitrogens with zero attached hydrogens (tertiary/aromatic N) is 2. The number of hydrogen-bond acceptors (Lipinski definition) is 4. The predicted octanol–water partition coefficient (Wildman–Crippen LogP) is 2.22. The van der Waals surface area contributed by atoms with Gasteiger partial charge >= 0.3 is 0 Å². The first-order valence-electron chi connectivity index (χ1n) is 7.99. The fourth-order valence-electron chi connectivity index (χ4n) is 3.47. The van der Waals surface area contributed by atoms with Gasteiger partial charge in [0.2, 0.25) is 0 Å². The molecule has 1 aliphatic heterocycles. The van der Waals surface area contributed by atoms with Crippen molar-refractivity contribution in [3.63, 3.8) is 0 Å². The topological polar surface area (TPSA) is 69.2 Å². The number of hydrogen-bond donors (Lipinski definition) is 2. The van der Waals surface area contributed by atoms with Gasteiger partial charge in [0.15, 0.2) is 0 Å². The molecular formula is C17H23N3O2. The maximum Gasteiger partial charge on any atom is 0.258 e. The van der Waals surface area contributed by atoms with Crippen molar-refractivity contribution in [1.82, 2.24) is 14.9 Å². The molecule has 3 unspecified atom stereocenters. The Morgan fingerprint density at radius 3 is 2.95 bits per heavy atom. The Balaban J connectivity index is 1.91. The van der Waals surface area contributed by atoms with E-state index in [9.17, 15) is 9.90 Å². The van der Waals surface area contributed by atoms with Crippen LogP contribution in [0, 0.1) is 0 Å². The molecule has 0 spiro atoms. The second kappa shape index (κ2) is 6.18. The van der Waals surface area contributed by atoms with Gasteiger partial charge in [0.1, 0.15) is 5.82 Å². The molecule has 5 nitrogen and oxygen atoms in total. The summed E-state index contributed by atoms with van der Waals surface area (Å²) in [5, 5.41) is 10.3. The highest BCUT2D eigenvalue weighted by Crippen LogP contribution is 2.29. The van der Waals surface area contributed by atoms with Crippen LogP contribution in [0.1, 0.15) is 45.0 Å². The van der Waals surface area contributed by atoms with Crippen LogP contribution in [0.25, 0.3) is 10.9 Å². The number of nitrogens with one attached hydrogen (secondary N) is 1. The van der Waals surface area contributed by atoms with Crippen LogP contribution in [0.4, 0.5) is 0 Å². The molecular weight excluding hydrogens is 278 g/mol. The summed E-state index contributed by atoms with van der Waals surface area (Å²) in [7, 11) is 0. The average Bonchev–Trinajstić information content (AvgIpc) is 2.93. The molecule has 0 aliphatic carbocycles. The number of H-pyrrole nitrogens is 1. The summed E-state index contributed by atoms with van der Waals surface area (Å²) in [5.74, 6) is 0.709. The second-order valence-corrected chi connectivity index (χ2v) is 6.26. The Bertz CT molecular complexity index is 710. The maximum absolute atomic E-state index is 12.2. The Morgan fingerprint density at radius 2 is 2.18 bits per heavy atom. The largest absolute Gasteiger partial charge is 0.393 e. The van der Waals surface area contributed by atoms with E-state index in [1.807, 2.05) is 25.1 Å². The number of aromatic amines is 1. The molecule has 3 atom stereocenters. The zero-order valence-corrected chi connectivity index (χ0v) is 13.1. The van der Waals surface area contributed by atoms with Gasteiger partial charge in [-0.2, -0.15) is 0 Å². The number of likely N-dealkylation sites (tertiary alicyclic amines) is 1. The van der Waals surface area contributed by atoms with E-state index in [0.29, 0.717) is 17.3 Å². The number of fused-ring (bicyclic) bond motifs is 1.